The van der Waals surface area contributed by atoms with Gasteiger partial charge in [0, 0.05) is 0 Å². The van der Waals surface area contributed by atoms with Gasteiger partial charge >= 0.3 is 5.97 Å². The molecule has 1 heterocycles. The molecule has 0 saturated carbocycles. The number of nitrogen functional groups attached to an aromatic ring is 1. The standard InChI is InChI=1S/C8H10ClN3O2S/c1-3-14-7(13)4-5(9)11-8(10)12-6(4)15-2/h3H2,1-2H3,(H2,10,11,12). The molecule has 0 spiro atoms. The third kappa shape index (κ3) is 2.73. The van der Waals surface area contributed by atoms with Crippen molar-refractivity contribution in [1.82, 2.24) is 9.97 Å². The summed E-state index contributed by atoms with van der Waals surface area (Å²) in [4.78, 5) is 19.1. The van der Waals surface area contributed by atoms with Crippen molar-refractivity contribution >= 4 is 35.3 Å². The Hall–Kier alpha value is -1.01. The zero-order valence-electron chi connectivity index (χ0n) is 8.28. The van der Waals surface area contributed by atoms with Crippen LogP contribution in [-0.2, 0) is 4.74 Å². The van der Waals surface area contributed by atoms with Crippen molar-refractivity contribution in [3.8, 4) is 0 Å². The van der Waals surface area contributed by atoms with Gasteiger partial charge in [-0.3, -0.25) is 0 Å². The molecule has 5 nitrogen and oxygen atoms in total. The normalized spacial score (nSPS) is 10.1. The fourth-order valence-electron chi connectivity index (χ4n) is 0.952. The zero-order valence-corrected chi connectivity index (χ0v) is 9.85. The number of thioether (sulfide) groups is 1. The van der Waals surface area contributed by atoms with E-state index in [9.17, 15) is 4.79 Å². The van der Waals surface area contributed by atoms with Crippen LogP contribution in [0.5, 0.6) is 0 Å². The predicted octanol–water partition coefficient (Wildman–Crippen LogP) is 1.61. The van der Waals surface area contributed by atoms with Crippen LogP contribution in [0.3, 0.4) is 0 Å². The van der Waals surface area contributed by atoms with Gasteiger partial charge in [0.15, 0.2) is 0 Å². The van der Waals surface area contributed by atoms with E-state index in [0.717, 1.165) is 0 Å². The SMILES string of the molecule is CCOC(=O)c1c(Cl)nc(N)nc1SC. The Bertz CT molecular complexity index is 386. The van der Waals surface area contributed by atoms with E-state index in [1.54, 1.807) is 13.2 Å². The minimum atomic E-state index is -0.535. The first-order chi connectivity index (χ1) is 7.10. The van der Waals surface area contributed by atoms with Crippen LogP contribution >= 0.6 is 23.4 Å². The third-order valence-electron chi connectivity index (χ3n) is 1.52. The average Bonchev–Trinajstić information content (AvgIpc) is 2.16. The lowest BCUT2D eigenvalue weighted by atomic mass is 10.3. The van der Waals surface area contributed by atoms with Crippen molar-refractivity contribution < 1.29 is 9.53 Å². The first-order valence-corrected chi connectivity index (χ1v) is 5.74. The average molecular weight is 248 g/mol. The van der Waals surface area contributed by atoms with Crippen LogP contribution in [0.25, 0.3) is 0 Å². The molecule has 0 saturated heterocycles. The van der Waals surface area contributed by atoms with E-state index in [1.165, 1.54) is 11.8 Å². The molecule has 0 aromatic carbocycles. The molecule has 15 heavy (non-hydrogen) atoms. The lowest BCUT2D eigenvalue weighted by Crippen LogP contribution is -2.11. The number of aromatic nitrogens is 2. The number of anilines is 1. The highest BCUT2D eigenvalue weighted by atomic mass is 35.5. The maximum atomic E-state index is 11.5. The lowest BCUT2D eigenvalue weighted by molar-refractivity contribution is 0.0521. The molecule has 0 radical (unpaired) electrons. The molecule has 7 heteroatoms. The Labute approximate surface area is 96.4 Å². The summed E-state index contributed by atoms with van der Waals surface area (Å²) in [6.45, 7) is 1.98. The van der Waals surface area contributed by atoms with Gasteiger partial charge in [0.1, 0.15) is 15.7 Å². The molecule has 1 aromatic heterocycles. The topological polar surface area (TPSA) is 78.1 Å². The number of nitrogens with two attached hydrogens (primary N) is 1. The number of carbonyl (C=O) groups is 1. The van der Waals surface area contributed by atoms with Crippen LogP contribution < -0.4 is 5.73 Å². The number of halogens is 1. The quantitative estimate of drug-likeness (QED) is 0.497. The molecule has 1 aromatic rings. The Morgan fingerprint density at radius 2 is 2.27 bits per heavy atom. The van der Waals surface area contributed by atoms with Crippen LogP contribution in [-0.4, -0.2) is 28.8 Å². The van der Waals surface area contributed by atoms with Gasteiger partial charge in [0.25, 0.3) is 0 Å². The molecule has 0 unspecified atom stereocenters. The smallest absolute Gasteiger partial charge is 0.344 e. The number of hydrogen-bond donors (Lipinski definition) is 1. The maximum absolute atomic E-state index is 11.5. The summed E-state index contributed by atoms with van der Waals surface area (Å²) >= 11 is 7.06. The van der Waals surface area contributed by atoms with Crippen LogP contribution in [0.4, 0.5) is 5.95 Å². The highest BCUT2D eigenvalue weighted by Crippen LogP contribution is 2.25. The van der Waals surface area contributed by atoms with Crippen LogP contribution in [0.2, 0.25) is 5.15 Å². The third-order valence-corrected chi connectivity index (χ3v) is 2.48. The van der Waals surface area contributed by atoms with E-state index in [-0.39, 0.29) is 23.3 Å². The minimum absolute atomic E-state index is 0.0188. The molecule has 82 valence electrons. The maximum Gasteiger partial charge on any atom is 0.344 e. The molecule has 0 aliphatic rings. The Morgan fingerprint density at radius 3 is 2.80 bits per heavy atom. The number of esters is 1. The molecular weight excluding hydrogens is 238 g/mol. The number of ether oxygens (including phenoxy) is 1. The van der Waals surface area contributed by atoms with Gasteiger partial charge in [-0.1, -0.05) is 11.6 Å². The molecule has 0 atom stereocenters. The number of carbonyl (C=O) groups excluding carboxylic acids is 1. The van der Waals surface area contributed by atoms with Gasteiger partial charge in [-0.2, -0.15) is 0 Å². The summed E-state index contributed by atoms with van der Waals surface area (Å²) in [6.07, 6.45) is 1.76. The zero-order chi connectivity index (χ0) is 11.4. The second-order valence-electron chi connectivity index (χ2n) is 2.48. The summed E-state index contributed by atoms with van der Waals surface area (Å²) in [5, 5.41) is 0.441. The van der Waals surface area contributed by atoms with E-state index in [1.807, 2.05) is 0 Å². The number of nitrogens with zero attached hydrogens (tertiary/aromatic N) is 2. The minimum Gasteiger partial charge on any atom is -0.462 e. The van der Waals surface area contributed by atoms with Crippen molar-refractivity contribution in [2.24, 2.45) is 0 Å². The number of rotatable bonds is 3. The summed E-state index contributed by atoms with van der Waals surface area (Å²) in [5.74, 6) is -0.496. The first-order valence-electron chi connectivity index (χ1n) is 4.14. The van der Waals surface area contributed by atoms with Gasteiger partial charge in [-0.15, -0.1) is 11.8 Å². The second-order valence-corrected chi connectivity index (χ2v) is 3.63. The Morgan fingerprint density at radius 1 is 1.60 bits per heavy atom. The number of hydrogen-bond acceptors (Lipinski definition) is 6. The molecule has 0 bridgehead atoms. The summed E-state index contributed by atoms with van der Waals surface area (Å²) in [5.41, 5.74) is 5.57. The molecule has 0 aliphatic heterocycles. The van der Waals surface area contributed by atoms with Gasteiger partial charge < -0.3 is 10.5 Å². The summed E-state index contributed by atoms with van der Waals surface area (Å²) in [6, 6.07) is 0. The van der Waals surface area contributed by atoms with E-state index < -0.39 is 5.97 Å². The van der Waals surface area contributed by atoms with Crippen molar-refractivity contribution in [3.63, 3.8) is 0 Å². The van der Waals surface area contributed by atoms with E-state index in [2.05, 4.69) is 9.97 Å². The fraction of sp³-hybridized carbons (Fsp3) is 0.375. The molecular formula is C8H10ClN3O2S. The van der Waals surface area contributed by atoms with Crippen LogP contribution in [0.1, 0.15) is 17.3 Å². The summed E-state index contributed by atoms with van der Waals surface area (Å²) < 4.78 is 4.83. The van der Waals surface area contributed by atoms with Gasteiger partial charge in [-0.25, -0.2) is 14.8 Å². The molecule has 0 amide bonds. The molecule has 1 rings (SSSR count). The fourth-order valence-corrected chi connectivity index (χ4v) is 1.83. The predicted molar refractivity (Wildman–Crippen MR) is 59.2 cm³/mol. The molecule has 0 aliphatic carbocycles. The highest BCUT2D eigenvalue weighted by molar-refractivity contribution is 7.98. The van der Waals surface area contributed by atoms with Crippen molar-refractivity contribution in [2.75, 3.05) is 18.6 Å². The largest absolute Gasteiger partial charge is 0.462 e. The van der Waals surface area contributed by atoms with Crippen LogP contribution in [0, 0.1) is 0 Å². The Kier molecular flexibility index (Phi) is 4.16. The van der Waals surface area contributed by atoms with E-state index >= 15 is 0 Å². The van der Waals surface area contributed by atoms with Gasteiger partial charge in [0.2, 0.25) is 5.95 Å². The van der Waals surface area contributed by atoms with Crippen molar-refractivity contribution in [1.29, 1.82) is 0 Å². The second kappa shape index (κ2) is 5.18. The van der Waals surface area contributed by atoms with E-state index in [4.69, 9.17) is 22.1 Å². The molecule has 0 fully saturated rings. The van der Waals surface area contributed by atoms with E-state index in [0.29, 0.717) is 5.03 Å². The highest BCUT2D eigenvalue weighted by Gasteiger charge is 2.19. The monoisotopic (exact) mass is 247 g/mol. The van der Waals surface area contributed by atoms with Crippen LogP contribution in [0.15, 0.2) is 5.03 Å². The summed E-state index contributed by atoms with van der Waals surface area (Å²) in [7, 11) is 0. The lowest BCUT2D eigenvalue weighted by Gasteiger charge is -2.07. The van der Waals surface area contributed by atoms with Crippen molar-refractivity contribution in [2.45, 2.75) is 11.9 Å². The first kappa shape index (κ1) is 12.1. The van der Waals surface area contributed by atoms with Gasteiger partial charge in [-0.05, 0) is 13.2 Å². The van der Waals surface area contributed by atoms with Gasteiger partial charge in [0.05, 0.1) is 6.61 Å². The van der Waals surface area contributed by atoms with Crippen molar-refractivity contribution in [3.05, 3.63) is 10.7 Å². The Balaban J connectivity index is 3.20. The molecule has 2 N–H and O–H groups in total.